The first kappa shape index (κ1) is 15.5. The summed E-state index contributed by atoms with van der Waals surface area (Å²) in [5, 5.41) is 15.5. The van der Waals surface area contributed by atoms with Crippen molar-refractivity contribution in [3.05, 3.63) is 76.9 Å². The predicted molar refractivity (Wildman–Crippen MR) is 102 cm³/mol. The molecule has 0 radical (unpaired) electrons. The van der Waals surface area contributed by atoms with Crippen molar-refractivity contribution in [3.8, 4) is 0 Å². The zero-order valence-corrected chi connectivity index (χ0v) is 14.2. The molecule has 0 bridgehead atoms. The molecule has 6 heteroatoms. The molecule has 5 nitrogen and oxygen atoms in total. The molecule has 1 N–H and O–H groups in total. The number of amides is 1. The molecule has 0 unspecified atom stereocenters. The average Bonchev–Trinajstić information content (AvgIpc) is 3.04. The highest BCUT2D eigenvalue weighted by atomic mass is 32.2. The van der Waals surface area contributed by atoms with Crippen molar-refractivity contribution in [1.29, 1.82) is 5.41 Å². The van der Waals surface area contributed by atoms with Crippen molar-refractivity contribution in [1.82, 2.24) is 5.01 Å². The first-order chi connectivity index (χ1) is 12.1. The van der Waals surface area contributed by atoms with Crippen LogP contribution in [0.25, 0.3) is 6.08 Å². The highest BCUT2D eigenvalue weighted by molar-refractivity contribution is 8.27. The number of fused-ring (bicyclic) bond motifs is 1. The molecule has 4 rings (SSSR count). The van der Waals surface area contributed by atoms with E-state index in [1.54, 1.807) is 6.08 Å². The fourth-order valence-electron chi connectivity index (χ4n) is 2.63. The zero-order chi connectivity index (χ0) is 17.4. The minimum atomic E-state index is -0.408. The molecule has 0 fully saturated rings. The van der Waals surface area contributed by atoms with Gasteiger partial charge in [-0.05, 0) is 35.9 Å². The molecule has 2 aromatic rings. The molecule has 0 aliphatic carbocycles. The molecule has 0 saturated carbocycles. The Balaban J connectivity index is 1.72. The molecule has 2 heterocycles. The van der Waals surface area contributed by atoms with Crippen LogP contribution in [-0.2, 0) is 4.79 Å². The van der Waals surface area contributed by atoms with Gasteiger partial charge in [-0.3, -0.25) is 10.2 Å². The first-order valence-corrected chi connectivity index (χ1v) is 8.56. The van der Waals surface area contributed by atoms with E-state index in [2.05, 4.69) is 10.1 Å². The fourth-order valence-corrected chi connectivity index (χ4v) is 3.61. The summed E-state index contributed by atoms with van der Waals surface area (Å²) in [6, 6.07) is 17.3. The first-order valence-electron chi connectivity index (χ1n) is 7.75. The van der Waals surface area contributed by atoms with Crippen LogP contribution in [0.15, 0.2) is 70.3 Å². The van der Waals surface area contributed by atoms with Gasteiger partial charge in [0.2, 0.25) is 5.17 Å². The van der Waals surface area contributed by atoms with Crippen LogP contribution in [0.2, 0.25) is 0 Å². The summed E-state index contributed by atoms with van der Waals surface area (Å²) in [6.07, 6.45) is 1.68. The van der Waals surface area contributed by atoms with Gasteiger partial charge >= 0.3 is 0 Å². The fraction of sp³-hybridized carbons (Fsp3) is 0.0526. The lowest BCUT2D eigenvalue weighted by Crippen LogP contribution is -2.35. The van der Waals surface area contributed by atoms with E-state index in [0.29, 0.717) is 5.17 Å². The SMILES string of the molecule is Cc1ccccc1C1=NN2C(=N)/C(=C/c3ccccc3)C(=O)N=C2S1. The van der Waals surface area contributed by atoms with Crippen molar-refractivity contribution in [2.75, 3.05) is 0 Å². The van der Waals surface area contributed by atoms with Crippen LogP contribution in [0.3, 0.4) is 0 Å². The predicted octanol–water partition coefficient (Wildman–Crippen LogP) is 3.66. The Morgan fingerprint density at radius 3 is 2.56 bits per heavy atom. The monoisotopic (exact) mass is 346 g/mol. The number of amidine groups is 2. The second-order valence-corrected chi connectivity index (χ2v) is 6.61. The molecule has 0 saturated heterocycles. The van der Waals surface area contributed by atoms with Crippen LogP contribution >= 0.6 is 11.8 Å². The smallest absolute Gasteiger partial charge is 0.282 e. The maximum absolute atomic E-state index is 12.4. The zero-order valence-electron chi connectivity index (χ0n) is 13.4. The normalized spacial score (nSPS) is 18.3. The molecule has 2 aliphatic heterocycles. The summed E-state index contributed by atoms with van der Waals surface area (Å²) >= 11 is 1.31. The summed E-state index contributed by atoms with van der Waals surface area (Å²) in [6.45, 7) is 2.01. The summed E-state index contributed by atoms with van der Waals surface area (Å²) in [4.78, 5) is 16.5. The van der Waals surface area contributed by atoms with E-state index in [0.717, 1.165) is 21.7 Å². The third-order valence-corrected chi connectivity index (χ3v) is 4.88. The second-order valence-electron chi connectivity index (χ2n) is 5.65. The Hall–Kier alpha value is -2.99. The van der Waals surface area contributed by atoms with Crippen LogP contribution in [0, 0.1) is 12.3 Å². The van der Waals surface area contributed by atoms with Crippen LogP contribution in [0.1, 0.15) is 16.7 Å². The van der Waals surface area contributed by atoms with Crippen molar-refractivity contribution in [2.24, 2.45) is 10.1 Å². The van der Waals surface area contributed by atoms with Gasteiger partial charge in [-0.15, -0.1) is 0 Å². The molecule has 0 aromatic heterocycles. The Morgan fingerprint density at radius 2 is 1.80 bits per heavy atom. The Morgan fingerprint density at radius 1 is 1.08 bits per heavy atom. The number of aryl methyl sites for hydroxylation is 1. The highest BCUT2D eigenvalue weighted by Crippen LogP contribution is 2.31. The molecule has 0 atom stereocenters. The molecular weight excluding hydrogens is 332 g/mol. The van der Waals surface area contributed by atoms with E-state index in [1.165, 1.54) is 16.8 Å². The minimum Gasteiger partial charge on any atom is -0.282 e. The average molecular weight is 346 g/mol. The minimum absolute atomic E-state index is 0.0509. The quantitative estimate of drug-likeness (QED) is 0.844. The van der Waals surface area contributed by atoms with E-state index in [-0.39, 0.29) is 11.4 Å². The number of hydrogen-bond donors (Lipinski definition) is 1. The molecule has 122 valence electrons. The van der Waals surface area contributed by atoms with Crippen molar-refractivity contribution >= 4 is 39.8 Å². The summed E-state index contributed by atoms with van der Waals surface area (Å²) in [5.74, 6) is -0.358. The third kappa shape index (κ3) is 2.81. The number of hydrogen-bond acceptors (Lipinski definition) is 4. The number of nitrogens with one attached hydrogen (secondary N) is 1. The maximum atomic E-state index is 12.4. The number of benzene rings is 2. The summed E-state index contributed by atoms with van der Waals surface area (Å²) < 4.78 is 0. The van der Waals surface area contributed by atoms with Gasteiger partial charge in [-0.2, -0.15) is 15.1 Å². The lowest BCUT2D eigenvalue weighted by molar-refractivity contribution is -0.114. The van der Waals surface area contributed by atoms with E-state index in [1.807, 2.05) is 61.5 Å². The number of rotatable bonds is 2. The molecule has 2 aliphatic rings. The van der Waals surface area contributed by atoms with Crippen LogP contribution in [0.4, 0.5) is 0 Å². The third-order valence-electron chi connectivity index (χ3n) is 3.94. The Labute approximate surface area is 149 Å². The van der Waals surface area contributed by atoms with Crippen LogP contribution in [-0.4, -0.2) is 27.0 Å². The van der Waals surface area contributed by atoms with Crippen molar-refractivity contribution in [3.63, 3.8) is 0 Å². The van der Waals surface area contributed by atoms with Gasteiger partial charge in [-0.1, -0.05) is 54.6 Å². The van der Waals surface area contributed by atoms with Gasteiger partial charge < -0.3 is 0 Å². The molecule has 0 spiro atoms. The van der Waals surface area contributed by atoms with E-state index >= 15 is 0 Å². The van der Waals surface area contributed by atoms with Crippen LogP contribution < -0.4 is 0 Å². The lowest BCUT2D eigenvalue weighted by Gasteiger charge is -2.20. The van der Waals surface area contributed by atoms with Gasteiger partial charge in [0.25, 0.3) is 5.91 Å². The number of hydrazone groups is 1. The van der Waals surface area contributed by atoms with Gasteiger partial charge in [0.15, 0.2) is 5.84 Å². The summed E-state index contributed by atoms with van der Waals surface area (Å²) in [7, 11) is 0. The van der Waals surface area contributed by atoms with Crippen LogP contribution in [0.5, 0.6) is 0 Å². The van der Waals surface area contributed by atoms with E-state index in [9.17, 15) is 4.79 Å². The maximum Gasteiger partial charge on any atom is 0.283 e. The van der Waals surface area contributed by atoms with Gasteiger partial charge in [0.05, 0.1) is 5.57 Å². The van der Waals surface area contributed by atoms with Gasteiger partial charge in [0, 0.05) is 5.56 Å². The van der Waals surface area contributed by atoms with E-state index < -0.39 is 5.91 Å². The Bertz CT molecular complexity index is 976. The number of nitrogens with zero attached hydrogens (tertiary/aromatic N) is 3. The van der Waals surface area contributed by atoms with Gasteiger partial charge in [0.1, 0.15) is 5.04 Å². The summed E-state index contributed by atoms with van der Waals surface area (Å²) in [5.41, 5.74) is 3.17. The molecular formula is C19H14N4OS. The van der Waals surface area contributed by atoms with Crippen molar-refractivity contribution in [2.45, 2.75) is 6.92 Å². The van der Waals surface area contributed by atoms with E-state index in [4.69, 9.17) is 5.41 Å². The number of carbonyl (C=O) groups excluding carboxylic acids is 1. The Kier molecular flexibility index (Phi) is 3.82. The largest absolute Gasteiger partial charge is 0.283 e. The lowest BCUT2D eigenvalue weighted by atomic mass is 10.1. The number of thioether (sulfide) groups is 1. The number of aliphatic imine (C=N–C) groups is 1. The molecule has 25 heavy (non-hydrogen) atoms. The highest BCUT2D eigenvalue weighted by Gasteiger charge is 2.36. The number of carbonyl (C=O) groups is 1. The second kappa shape index (κ2) is 6.14. The molecule has 1 amide bonds. The standard InChI is InChI=1S/C19H14N4OS/c1-12-7-5-6-10-14(12)18-22-23-16(20)15(17(24)21-19(23)25-18)11-13-8-3-2-4-9-13/h2-11,20H,1H3/b15-11-,20-16?. The van der Waals surface area contributed by atoms with Gasteiger partial charge in [-0.25, -0.2) is 0 Å². The molecule has 2 aromatic carbocycles. The van der Waals surface area contributed by atoms with Crippen molar-refractivity contribution < 1.29 is 4.79 Å². The topological polar surface area (TPSA) is 68.9 Å².